The largest absolute Gasteiger partial charge is 0.439 e. The zero-order chi connectivity index (χ0) is 23.1. The molecule has 32 heavy (non-hydrogen) atoms. The molecular weight excluding hydrogens is 422 g/mol. The van der Waals surface area contributed by atoms with Gasteiger partial charge in [-0.05, 0) is 36.4 Å². The van der Waals surface area contributed by atoms with Gasteiger partial charge in [-0.3, -0.25) is 4.79 Å². The minimum atomic E-state index is -0.0382. The molecule has 2 aromatic heterocycles. The van der Waals surface area contributed by atoms with Crippen molar-refractivity contribution in [3.63, 3.8) is 0 Å². The van der Waals surface area contributed by atoms with Crippen molar-refractivity contribution in [1.29, 1.82) is 0 Å². The van der Waals surface area contributed by atoms with E-state index in [0.717, 1.165) is 34.3 Å². The fraction of sp³-hybridized carbons (Fsp3) is 0.231. The summed E-state index contributed by atoms with van der Waals surface area (Å²) in [6, 6.07) is 18.9. The minimum Gasteiger partial charge on any atom is -0.439 e. The molecule has 2 aromatic carbocycles. The number of carbonyl (C=O) groups is 1. The van der Waals surface area contributed by atoms with Gasteiger partial charge < -0.3 is 15.0 Å². The molecule has 0 bridgehead atoms. The molecule has 0 saturated carbocycles. The number of nitrogens with zero attached hydrogens (tertiary/aromatic N) is 1. The lowest BCUT2D eigenvalue weighted by Crippen LogP contribution is -2.31. The summed E-state index contributed by atoms with van der Waals surface area (Å²) in [4.78, 5) is 20.2. The average molecular weight is 450 g/mol. The Labute approximate surface area is 193 Å². The number of rotatable bonds is 3. The fourth-order valence-corrected chi connectivity index (χ4v) is 3.59. The summed E-state index contributed by atoms with van der Waals surface area (Å²) in [6.45, 7) is 8.65. The number of halogens is 1. The van der Waals surface area contributed by atoms with Crippen LogP contribution in [0.3, 0.4) is 0 Å². The summed E-state index contributed by atoms with van der Waals surface area (Å²) in [5.74, 6) is 1.13. The van der Waals surface area contributed by atoms with Crippen LogP contribution >= 0.6 is 11.6 Å². The molecular formula is C26H28ClN3O2. The van der Waals surface area contributed by atoms with Crippen LogP contribution in [-0.4, -0.2) is 22.4 Å². The van der Waals surface area contributed by atoms with E-state index in [-0.39, 0.29) is 5.91 Å². The van der Waals surface area contributed by atoms with Crippen LogP contribution in [0.15, 0.2) is 60.7 Å². The third-order valence-corrected chi connectivity index (χ3v) is 5.08. The van der Waals surface area contributed by atoms with Gasteiger partial charge in [0, 0.05) is 46.4 Å². The molecule has 0 aliphatic carbocycles. The third-order valence-electron chi connectivity index (χ3n) is 4.83. The second-order valence-corrected chi connectivity index (χ2v) is 7.10. The van der Waals surface area contributed by atoms with E-state index in [0.29, 0.717) is 28.8 Å². The van der Waals surface area contributed by atoms with Crippen molar-refractivity contribution in [3.05, 3.63) is 76.9 Å². The molecule has 166 valence electrons. The maximum absolute atomic E-state index is 12.1. The molecule has 0 atom stereocenters. The number of hydrogen-bond donors (Lipinski definition) is 2. The summed E-state index contributed by atoms with van der Waals surface area (Å²) in [5, 5.41) is 4.53. The monoisotopic (exact) mass is 449 g/mol. The first-order chi connectivity index (χ1) is 15.7. The van der Waals surface area contributed by atoms with Crippen molar-refractivity contribution in [2.45, 2.75) is 34.1 Å². The molecule has 5 nitrogen and oxygen atoms in total. The number of fused-ring (bicyclic) bond motifs is 2. The van der Waals surface area contributed by atoms with E-state index >= 15 is 0 Å². The molecule has 4 aromatic rings. The van der Waals surface area contributed by atoms with Crippen LogP contribution in [0.4, 0.5) is 0 Å². The minimum absolute atomic E-state index is 0.0382. The fourth-order valence-electron chi connectivity index (χ4n) is 3.47. The van der Waals surface area contributed by atoms with Crippen molar-refractivity contribution in [2.75, 3.05) is 6.54 Å². The molecule has 3 heterocycles. The number of benzene rings is 2. The van der Waals surface area contributed by atoms with Gasteiger partial charge in [0.15, 0.2) is 0 Å². The van der Waals surface area contributed by atoms with Crippen LogP contribution in [0.2, 0.25) is 5.02 Å². The normalized spacial score (nSPS) is 12.0. The van der Waals surface area contributed by atoms with Crippen molar-refractivity contribution >= 4 is 28.4 Å². The number of carbonyl (C=O) groups excluding carboxylic acids is 1. The van der Waals surface area contributed by atoms with E-state index < -0.39 is 0 Å². The molecule has 0 unspecified atom stereocenters. The van der Waals surface area contributed by atoms with Gasteiger partial charge >= 0.3 is 0 Å². The molecule has 0 spiro atoms. The van der Waals surface area contributed by atoms with Crippen molar-refractivity contribution in [2.24, 2.45) is 0 Å². The van der Waals surface area contributed by atoms with E-state index in [1.54, 1.807) is 24.3 Å². The predicted octanol–water partition coefficient (Wildman–Crippen LogP) is 7.01. The van der Waals surface area contributed by atoms with Gasteiger partial charge in [0.05, 0.1) is 11.1 Å². The highest BCUT2D eigenvalue weighted by Crippen LogP contribution is 2.31. The van der Waals surface area contributed by atoms with E-state index in [1.165, 1.54) is 0 Å². The van der Waals surface area contributed by atoms with E-state index in [1.807, 2.05) is 64.1 Å². The number of H-pyrrole nitrogens is 1. The molecule has 0 fully saturated rings. The number of pyridine rings is 1. The van der Waals surface area contributed by atoms with E-state index in [4.69, 9.17) is 21.3 Å². The van der Waals surface area contributed by atoms with Crippen molar-refractivity contribution in [3.8, 4) is 22.9 Å². The number of amides is 1. The Balaban J connectivity index is 0.000000686. The third kappa shape index (κ3) is 4.94. The highest BCUT2D eigenvalue weighted by Gasteiger charge is 2.21. The topological polar surface area (TPSA) is 67.0 Å². The highest BCUT2D eigenvalue weighted by atomic mass is 35.5. The lowest BCUT2D eigenvalue weighted by molar-refractivity contribution is 0.0946. The van der Waals surface area contributed by atoms with Crippen LogP contribution in [0.25, 0.3) is 22.2 Å². The van der Waals surface area contributed by atoms with Crippen LogP contribution in [0.1, 0.15) is 43.7 Å². The SMILES string of the molecule is CC.CC.O=C1NCCc2[nH]c(-c3cccc4ccc(Oc5ccc(Cl)cc5)nc34)cc21. The highest BCUT2D eigenvalue weighted by molar-refractivity contribution is 6.30. The first kappa shape index (κ1) is 23.4. The quantitative estimate of drug-likeness (QED) is 0.353. The van der Waals surface area contributed by atoms with E-state index in [9.17, 15) is 4.79 Å². The number of aromatic nitrogens is 2. The van der Waals surface area contributed by atoms with Crippen LogP contribution in [-0.2, 0) is 6.42 Å². The molecule has 1 aliphatic heterocycles. The molecule has 2 N–H and O–H groups in total. The van der Waals surface area contributed by atoms with Crippen molar-refractivity contribution < 1.29 is 9.53 Å². The second-order valence-electron chi connectivity index (χ2n) is 6.66. The second kappa shape index (κ2) is 10.8. The van der Waals surface area contributed by atoms with Crippen molar-refractivity contribution in [1.82, 2.24) is 15.3 Å². The zero-order valence-electron chi connectivity index (χ0n) is 18.8. The number of para-hydroxylation sites is 1. The van der Waals surface area contributed by atoms with Gasteiger partial charge in [-0.25, -0.2) is 4.98 Å². The number of nitrogens with one attached hydrogen (secondary N) is 2. The van der Waals surface area contributed by atoms with Gasteiger partial charge in [-0.1, -0.05) is 57.5 Å². The lowest BCUT2D eigenvalue weighted by atomic mass is 10.1. The maximum atomic E-state index is 12.1. The summed E-state index contributed by atoms with van der Waals surface area (Å²) < 4.78 is 5.89. The Bertz CT molecular complexity index is 1200. The molecule has 0 saturated heterocycles. The maximum Gasteiger partial charge on any atom is 0.253 e. The number of ether oxygens (including phenoxy) is 1. The summed E-state index contributed by atoms with van der Waals surface area (Å²) in [6.07, 6.45) is 0.796. The van der Waals surface area contributed by atoms with Gasteiger partial charge in [0.25, 0.3) is 5.91 Å². The molecule has 0 radical (unpaired) electrons. The average Bonchev–Trinajstić information content (AvgIpc) is 3.28. The zero-order valence-corrected chi connectivity index (χ0v) is 19.6. The lowest BCUT2D eigenvalue weighted by Gasteiger charge is -2.11. The Morgan fingerprint density at radius 1 is 0.938 bits per heavy atom. The van der Waals surface area contributed by atoms with Gasteiger partial charge in [0.1, 0.15) is 5.75 Å². The number of hydrogen-bond acceptors (Lipinski definition) is 3. The Morgan fingerprint density at radius 2 is 1.69 bits per heavy atom. The summed E-state index contributed by atoms with van der Waals surface area (Å²) in [5.41, 5.74) is 4.29. The smallest absolute Gasteiger partial charge is 0.253 e. The van der Waals surface area contributed by atoms with E-state index in [2.05, 4.69) is 10.3 Å². The van der Waals surface area contributed by atoms with Gasteiger partial charge in [0.2, 0.25) is 5.88 Å². The Morgan fingerprint density at radius 3 is 2.41 bits per heavy atom. The Hall–Kier alpha value is -3.31. The Kier molecular flexibility index (Phi) is 7.90. The van der Waals surface area contributed by atoms with Gasteiger partial charge in [-0.15, -0.1) is 0 Å². The summed E-state index contributed by atoms with van der Waals surface area (Å²) >= 11 is 5.93. The molecule has 1 aliphatic rings. The predicted molar refractivity (Wildman–Crippen MR) is 132 cm³/mol. The summed E-state index contributed by atoms with van der Waals surface area (Å²) in [7, 11) is 0. The first-order valence-corrected chi connectivity index (χ1v) is 11.4. The van der Waals surface area contributed by atoms with Crippen LogP contribution in [0.5, 0.6) is 11.6 Å². The number of aromatic amines is 1. The van der Waals surface area contributed by atoms with Gasteiger partial charge in [-0.2, -0.15) is 0 Å². The molecule has 5 rings (SSSR count). The standard InChI is InChI=1S/C22H16ClN3O2.2C2H6/c23-14-5-7-15(8-6-14)28-20-9-4-13-2-1-3-16(21(13)26-20)19-12-17-18(25-19)10-11-24-22(17)27;2*1-2/h1-9,12,25H,10-11H2,(H,24,27);2*1-2H3. The molecule has 1 amide bonds. The van der Waals surface area contributed by atoms with Crippen LogP contribution in [0, 0.1) is 0 Å². The molecule has 6 heteroatoms. The van der Waals surface area contributed by atoms with Crippen LogP contribution < -0.4 is 10.1 Å². The first-order valence-electron chi connectivity index (χ1n) is 11.0.